The van der Waals surface area contributed by atoms with E-state index in [-0.39, 0.29) is 5.91 Å². The Bertz CT molecular complexity index is 592. The Kier molecular flexibility index (Phi) is 4.11. The molecule has 7 heteroatoms. The van der Waals surface area contributed by atoms with E-state index in [1.54, 1.807) is 16.6 Å². The van der Waals surface area contributed by atoms with Gasteiger partial charge in [-0.15, -0.1) is 11.3 Å². The largest absolute Gasteiger partial charge is 0.396 e. The summed E-state index contributed by atoms with van der Waals surface area (Å²) in [6, 6.07) is 3.74. The Balaban J connectivity index is 2.16. The third-order valence-electron chi connectivity index (χ3n) is 2.74. The van der Waals surface area contributed by atoms with Crippen LogP contribution in [-0.4, -0.2) is 27.6 Å². The van der Waals surface area contributed by atoms with E-state index in [1.165, 1.54) is 17.5 Å². The van der Waals surface area contributed by atoms with Crippen molar-refractivity contribution in [3.63, 3.8) is 0 Å². The van der Waals surface area contributed by atoms with E-state index < -0.39 is 0 Å². The summed E-state index contributed by atoms with van der Waals surface area (Å²) in [7, 11) is 1.74. The minimum absolute atomic E-state index is 0.138. The van der Waals surface area contributed by atoms with Crippen molar-refractivity contribution in [2.45, 2.75) is 20.0 Å². The Labute approximate surface area is 120 Å². The zero-order valence-electron chi connectivity index (χ0n) is 10.8. The van der Waals surface area contributed by atoms with Gasteiger partial charge in [-0.1, -0.05) is 11.6 Å². The number of nitrogens with two attached hydrogens (primary N) is 1. The van der Waals surface area contributed by atoms with Gasteiger partial charge in [0.25, 0.3) is 5.91 Å². The number of halogens is 1. The van der Waals surface area contributed by atoms with E-state index in [1.807, 2.05) is 19.1 Å². The Hall–Kier alpha value is -1.53. The summed E-state index contributed by atoms with van der Waals surface area (Å²) in [4.78, 5) is 15.0. The van der Waals surface area contributed by atoms with Crippen molar-refractivity contribution in [1.29, 1.82) is 0 Å². The second-order valence-electron chi connectivity index (χ2n) is 4.13. The van der Waals surface area contributed by atoms with Gasteiger partial charge in [0.15, 0.2) is 0 Å². The zero-order valence-corrected chi connectivity index (χ0v) is 12.3. The van der Waals surface area contributed by atoms with Crippen LogP contribution in [0.4, 0.5) is 5.69 Å². The van der Waals surface area contributed by atoms with E-state index in [2.05, 4.69) is 5.10 Å². The van der Waals surface area contributed by atoms with E-state index in [0.717, 1.165) is 4.88 Å². The van der Waals surface area contributed by atoms with Crippen molar-refractivity contribution in [2.24, 2.45) is 0 Å². The molecule has 2 aromatic rings. The van der Waals surface area contributed by atoms with Gasteiger partial charge in [-0.05, 0) is 19.1 Å². The third-order valence-corrected chi connectivity index (χ3v) is 3.95. The van der Waals surface area contributed by atoms with Crippen molar-refractivity contribution in [2.75, 3.05) is 12.8 Å². The van der Waals surface area contributed by atoms with Crippen LogP contribution in [0.3, 0.4) is 0 Å². The number of carbonyl (C=O) groups excluding carboxylic acids is 1. The predicted octanol–water partition coefficient (Wildman–Crippen LogP) is 2.47. The highest BCUT2D eigenvalue weighted by molar-refractivity contribution is 7.16. The van der Waals surface area contributed by atoms with Crippen LogP contribution in [0.15, 0.2) is 18.3 Å². The van der Waals surface area contributed by atoms with Crippen molar-refractivity contribution in [1.82, 2.24) is 14.7 Å². The van der Waals surface area contributed by atoms with Crippen LogP contribution in [0, 0.1) is 0 Å². The Morgan fingerprint density at radius 3 is 2.89 bits per heavy atom. The lowest BCUT2D eigenvalue weighted by Crippen LogP contribution is -2.28. The molecule has 19 heavy (non-hydrogen) atoms. The molecule has 5 nitrogen and oxygen atoms in total. The lowest BCUT2D eigenvalue weighted by molar-refractivity contribution is 0.0775. The number of aromatic nitrogens is 2. The van der Waals surface area contributed by atoms with Crippen LogP contribution in [0.25, 0.3) is 0 Å². The van der Waals surface area contributed by atoms with E-state index in [4.69, 9.17) is 17.3 Å². The van der Waals surface area contributed by atoms with E-state index >= 15 is 0 Å². The molecule has 1 amide bonds. The predicted molar refractivity (Wildman–Crippen MR) is 77.4 cm³/mol. The molecule has 102 valence electrons. The highest BCUT2D eigenvalue weighted by Crippen LogP contribution is 2.23. The van der Waals surface area contributed by atoms with Crippen molar-refractivity contribution in [3.05, 3.63) is 33.2 Å². The number of amides is 1. The molecule has 0 aliphatic rings. The molecule has 0 atom stereocenters. The Morgan fingerprint density at radius 1 is 1.58 bits per heavy atom. The van der Waals surface area contributed by atoms with Gasteiger partial charge >= 0.3 is 0 Å². The van der Waals surface area contributed by atoms with Crippen LogP contribution in [0.2, 0.25) is 4.34 Å². The van der Waals surface area contributed by atoms with Crippen molar-refractivity contribution < 1.29 is 4.79 Å². The number of hydrogen-bond donors (Lipinski definition) is 1. The average molecular weight is 299 g/mol. The number of rotatable bonds is 4. The van der Waals surface area contributed by atoms with Crippen LogP contribution < -0.4 is 5.73 Å². The Morgan fingerprint density at radius 2 is 2.32 bits per heavy atom. The highest BCUT2D eigenvalue weighted by atomic mass is 35.5. The number of anilines is 1. The van der Waals surface area contributed by atoms with Gasteiger partial charge in [0.2, 0.25) is 0 Å². The molecular weight excluding hydrogens is 284 g/mol. The van der Waals surface area contributed by atoms with Gasteiger partial charge in [0.05, 0.1) is 22.8 Å². The first-order chi connectivity index (χ1) is 9.02. The normalized spacial score (nSPS) is 10.7. The molecule has 2 aromatic heterocycles. The standard InChI is InChI=1S/C12H15ClN4OS/c1-3-17-11(9(14)6-15-17)12(18)16(2)7-8-4-5-10(13)19-8/h4-6H,3,7,14H2,1-2H3. The molecule has 2 heterocycles. The molecule has 2 rings (SSSR count). The fourth-order valence-electron chi connectivity index (χ4n) is 1.80. The number of carbonyl (C=O) groups is 1. The minimum atomic E-state index is -0.138. The van der Waals surface area contributed by atoms with Gasteiger partial charge in [-0.2, -0.15) is 5.10 Å². The number of nitrogens with zero attached hydrogens (tertiary/aromatic N) is 3. The second-order valence-corrected chi connectivity index (χ2v) is 5.93. The molecule has 0 bridgehead atoms. The molecule has 0 radical (unpaired) electrons. The maximum absolute atomic E-state index is 12.4. The maximum atomic E-state index is 12.4. The summed E-state index contributed by atoms with van der Waals surface area (Å²) >= 11 is 7.34. The summed E-state index contributed by atoms with van der Waals surface area (Å²) in [5.74, 6) is -0.138. The van der Waals surface area contributed by atoms with Gasteiger partial charge in [-0.3, -0.25) is 9.48 Å². The third kappa shape index (κ3) is 2.90. The molecule has 0 spiro atoms. The van der Waals surface area contributed by atoms with Crippen molar-refractivity contribution >= 4 is 34.5 Å². The quantitative estimate of drug-likeness (QED) is 0.943. The first-order valence-electron chi connectivity index (χ1n) is 5.84. The van der Waals surface area contributed by atoms with Gasteiger partial charge < -0.3 is 10.6 Å². The molecular formula is C12H15ClN4OS. The fourth-order valence-corrected chi connectivity index (χ4v) is 2.94. The second kappa shape index (κ2) is 5.63. The number of thiophene rings is 1. The van der Waals surface area contributed by atoms with E-state index in [9.17, 15) is 4.79 Å². The average Bonchev–Trinajstić information content (AvgIpc) is 2.94. The summed E-state index contributed by atoms with van der Waals surface area (Å²) in [5, 5.41) is 4.07. The van der Waals surface area contributed by atoms with Crippen LogP contribution in [0.1, 0.15) is 22.3 Å². The molecule has 0 aromatic carbocycles. The van der Waals surface area contributed by atoms with E-state index in [0.29, 0.717) is 28.8 Å². The zero-order chi connectivity index (χ0) is 14.0. The highest BCUT2D eigenvalue weighted by Gasteiger charge is 2.20. The fraction of sp³-hybridized carbons (Fsp3) is 0.333. The minimum Gasteiger partial charge on any atom is -0.396 e. The molecule has 0 saturated heterocycles. The first kappa shape index (κ1) is 13.9. The molecule has 0 unspecified atom stereocenters. The van der Waals surface area contributed by atoms with Crippen LogP contribution in [0.5, 0.6) is 0 Å². The lowest BCUT2D eigenvalue weighted by atomic mass is 10.3. The van der Waals surface area contributed by atoms with Gasteiger partial charge in [0.1, 0.15) is 5.69 Å². The number of aryl methyl sites for hydroxylation is 1. The lowest BCUT2D eigenvalue weighted by Gasteiger charge is -2.17. The smallest absolute Gasteiger partial charge is 0.274 e. The molecule has 0 saturated carbocycles. The SMILES string of the molecule is CCn1ncc(N)c1C(=O)N(C)Cc1ccc(Cl)s1. The van der Waals surface area contributed by atoms with Crippen LogP contribution in [-0.2, 0) is 13.1 Å². The molecule has 0 aliphatic heterocycles. The summed E-state index contributed by atoms with van der Waals surface area (Å²) in [5.41, 5.74) is 6.65. The topological polar surface area (TPSA) is 64.2 Å². The monoisotopic (exact) mass is 298 g/mol. The molecule has 2 N–H and O–H groups in total. The van der Waals surface area contributed by atoms with Gasteiger partial charge in [0, 0.05) is 18.5 Å². The maximum Gasteiger partial charge on any atom is 0.274 e. The van der Waals surface area contributed by atoms with Crippen molar-refractivity contribution in [3.8, 4) is 0 Å². The van der Waals surface area contributed by atoms with Gasteiger partial charge in [-0.25, -0.2) is 0 Å². The number of nitrogen functional groups attached to an aromatic ring is 1. The number of hydrogen-bond acceptors (Lipinski definition) is 4. The molecule has 0 fully saturated rings. The summed E-state index contributed by atoms with van der Waals surface area (Å²) in [6.07, 6.45) is 1.51. The summed E-state index contributed by atoms with van der Waals surface area (Å²) in [6.45, 7) is 3.03. The van der Waals surface area contributed by atoms with Crippen LogP contribution >= 0.6 is 22.9 Å². The first-order valence-corrected chi connectivity index (χ1v) is 7.03. The summed E-state index contributed by atoms with van der Waals surface area (Å²) < 4.78 is 2.32. The molecule has 0 aliphatic carbocycles.